The predicted octanol–water partition coefficient (Wildman–Crippen LogP) is 1.81. The van der Waals surface area contributed by atoms with E-state index in [0.717, 1.165) is 30.2 Å². The summed E-state index contributed by atoms with van der Waals surface area (Å²) in [7, 11) is 0. The van der Waals surface area contributed by atoms with Gasteiger partial charge in [-0.2, -0.15) is 5.53 Å². The second kappa shape index (κ2) is 9.53. The molecule has 0 aliphatic carbocycles. The van der Waals surface area contributed by atoms with Crippen LogP contribution in [0, 0.1) is 0 Å². The maximum atomic E-state index is 13.2. The van der Waals surface area contributed by atoms with Gasteiger partial charge >= 0.3 is 0 Å². The van der Waals surface area contributed by atoms with Gasteiger partial charge in [0.1, 0.15) is 18.0 Å². The molecule has 2 heterocycles. The summed E-state index contributed by atoms with van der Waals surface area (Å²) in [4.78, 5) is 17.3. The van der Waals surface area contributed by atoms with Crippen molar-refractivity contribution in [2.45, 2.75) is 19.1 Å². The lowest BCUT2D eigenvalue weighted by atomic mass is 10.1. The minimum absolute atomic E-state index is 0.0461. The lowest BCUT2D eigenvalue weighted by Gasteiger charge is -2.38. The summed E-state index contributed by atoms with van der Waals surface area (Å²) in [5.74, 6) is 0.932. The molecule has 2 unspecified atom stereocenters. The molecule has 0 radical (unpaired) electrons. The maximum absolute atomic E-state index is 13.2. The van der Waals surface area contributed by atoms with Crippen LogP contribution in [0.4, 0.5) is 11.4 Å². The highest BCUT2D eigenvalue weighted by Gasteiger charge is 2.36. The zero-order chi connectivity index (χ0) is 20.9. The quantitative estimate of drug-likeness (QED) is 0.556. The van der Waals surface area contributed by atoms with Crippen molar-refractivity contribution in [1.29, 1.82) is 0 Å². The van der Waals surface area contributed by atoms with Gasteiger partial charge in [0.15, 0.2) is 0 Å². The number of nitrogens with zero attached hydrogens (tertiary/aromatic N) is 2. The average molecular weight is 431 g/mol. The topological polar surface area (TPSA) is 80.9 Å². The third kappa shape index (κ3) is 4.62. The van der Waals surface area contributed by atoms with Crippen LogP contribution in [0.3, 0.4) is 0 Å². The van der Waals surface area contributed by atoms with Gasteiger partial charge in [0.25, 0.3) is 0 Å². The van der Waals surface area contributed by atoms with Gasteiger partial charge in [-0.1, -0.05) is 29.8 Å². The van der Waals surface area contributed by atoms with Crippen LogP contribution in [0.15, 0.2) is 48.5 Å². The number of ether oxygens (including phenoxy) is 1. The van der Waals surface area contributed by atoms with Crippen molar-refractivity contribution >= 4 is 28.9 Å². The monoisotopic (exact) mass is 430 g/mol. The summed E-state index contributed by atoms with van der Waals surface area (Å²) >= 11 is 6.07. The number of hydrazine groups is 2. The molecule has 160 valence electrons. The van der Waals surface area contributed by atoms with Crippen LogP contribution in [0.1, 0.15) is 6.92 Å². The van der Waals surface area contributed by atoms with Gasteiger partial charge in [0.05, 0.1) is 12.3 Å². The molecule has 9 heteroatoms. The van der Waals surface area contributed by atoms with Gasteiger partial charge in [-0.25, -0.2) is 10.9 Å². The van der Waals surface area contributed by atoms with Crippen LogP contribution in [0.2, 0.25) is 5.02 Å². The standard InChI is InChI=1S/C21H27ClN6O2/c1-2-30-18-9-4-3-8-17(18)27-10-12-28(13-11-27)21(29)19-20(25-26-24-19)23-16-7-5-6-15(22)14-16/h3-9,14,19-20,23-26H,2,10-13H2,1H3. The number of rotatable bonds is 6. The summed E-state index contributed by atoms with van der Waals surface area (Å²) in [5.41, 5.74) is 10.9. The van der Waals surface area contributed by atoms with Crippen LogP contribution in [-0.2, 0) is 4.79 Å². The van der Waals surface area contributed by atoms with Crippen molar-refractivity contribution in [3.05, 3.63) is 53.6 Å². The summed E-state index contributed by atoms with van der Waals surface area (Å²) in [5, 5.41) is 3.96. The smallest absolute Gasteiger partial charge is 0.244 e. The maximum Gasteiger partial charge on any atom is 0.244 e. The third-order valence-electron chi connectivity index (χ3n) is 5.30. The number of para-hydroxylation sites is 2. The Labute approximate surface area is 181 Å². The SMILES string of the molecule is CCOc1ccccc1N1CCN(C(=O)C2NNNC2Nc2cccc(Cl)c2)CC1. The molecule has 2 aromatic carbocycles. The highest BCUT2D eigenvalue weighted by molar-refractivity contribution is 6.30. The number of nitrogens with one attached hydrogen (secondary N) is 4. The fraction of sp³-hybridized carbons (Fsp3) is 0.381. The van der Waals surface area contributed by atoms with Crippen LogP contribution < -0.4 is 31.3 Å². The van der Waals surface area contributed by atoms with E-state index < -0.39 is 6.04 Å². The molecule has 4 rings (SSSR count). The number of halogens is 1. The first-order valence-electron chi connectivity index (χ1n) is 10.2. The lowest BCUT2D eigenvalue weighted by Crippen LogP contribution is -2.57. The molecule has 30 heavy (non-hydrogen) atoms. The van der Waals surface area contributed by atoms with Gasteiger partial charge in [-0.05, 0) is 37.3 Å². The third-order valence-corrected chi connectivity index (χ3v) is 5.53. The van der Waals surface area contributed by atoms with Gasteiger partial charge in [-0.15, -0.1) is 0 Å². The van der Waals surface area contributed by atoms with Gasteiger partial charge in [0, 0.05) is 36.9 Å². The van der Waals surface area contributed by atoms with E-state index in [1.807, 2.05) is 54.3 Å². The Bertz CT molecular complexity index is 874. The number of carbonyl (C=O) groups is 1. The second-order valence-corrected chi connectivity index (χ2v) is 7.67. The molecular weight excluding hydrogens is 404 g/mol. The van der Waals surface area contributed by atoms with E-state index in [1.165, 1.54) is 0 Å². The van der Waals surface area contributed by atoms with Crippen molar-refractivity contribution in [2.75, 3.05) is 43.0 Å². The number of carbonyl (C=O) groups excluding carboxylic acids is 1. The van der Waals surface area contributed by atoms with E-state index in [-0.39, 0.29) is 12.1 Å². The molecule has 2 fully saturated rings. The van der Waals surface area contributed by atoms with Crippen LogP contribution in [0.25, 0.3) is 0 Å². The number of hydrogen-bond acceptors (Lipinski definition) is 7. The molecule has 2 saturated heterocycles. The predicted molar refractivity (Wildman–Crippen MR) is 118 cm³/mol. The first kappa shape index (κ1) is 20.7. The Morgan fingerprint density at radius 1 is 1.13 bits per heavy atom. The van der Waals surface area contributed by atoms with E-state index in [0.29, 0.717) is 24.7 Å². The summed E-state index contributed by atoms with van der Waals surface area (Å²) in [6.45, 7) is 5.44. The van der Waals surface area contributed by atoms with E-state index in [2.05, 4.69) is 32.7 Å². The molecule has 0 saturated carbocycles. The molecule has 0 spiro atoms. The molecular formula is C21H27ClN6O2. The molecule has 8 nitrogen and oxygen atoms in total. The van der Waals surface area contributed by atoms with Crippen molar-refractivity contribution in [1.82, 2.24) is 21.3 Å². The lowest BCUT2D eigenvalue weighted by molar-refractivity contribution is -0.133. The molecule has 1 amide bonds. The Balaban J connectivity index is 1.37. The van der Waals surface area contributed by atoms with Crippen molar-refractivity contribution in [3.8, 4) is 5.75 Å². The van der Waals surface area contributed by atoms with Crippen molar-refractivity contribution in [2.24, 2.45) is 0 Å². The Morgan fingerprint density at radius 3 is 2.70 bits per heavy atom. The van der Waals surface area contributed by atoms with Gasteiger partial charge in [-0.3, -0.25) is 4.79 Å². The summed E-state index contributed by atoms with van der Waals surface area (Å²) in [6, 6.07) is 15.1. The number of hydrogen-bond donors (Lipinski definition) is 4. The highest BCUT2D eigenvalue weighted by atomic mass is 35.5. The zero-order valence-corrected chi connectivity index (χ0v) is 17.7. The van der Waals surface area contributed by atoms with Crippen molar-refractivity contribution in [3.63, 3.8) is 0 Å². The summed E-state index contributed by atoms with van der Waals surface area (Å²) < 4.78 is 5.76. The van der Waals surface area contributed by atoms with Crippen LogP contribution in [-0.4, -0.2) is 55.8 Å². The molecule has 2 atom stereocenters. The number of piperazine rings is 1. The summed E-state index contributed by atoms with van der Waals surface area (Å²) in [6.07, 6.45) is -0.298. The normalized spacial score (nSPS) is 21.5. The van der Waals surface area contributed by atoms with E-state index in [9.17, 15) is 4.79 Å². The van der Waals surface area contributed by atoms with E-state index in [1.54, 1.807) is 0 Å². The minimum atomic E-state index is -0.439. The van der Waals surface area contributed by atoms with Crippen molar-refractivity contribution < 1.29 is 9.53 Å². The molecule has 2 aliphatic heterocycles. The molecule has 0 aromatic heterocycles. The highest BCUT2D eigenvalue weighted by Crippen LogP contribution is 2.29. The van der Waals surface area contributed by atoms with Crippen LogP contribution in [0.5, 0.6) is 5.75 Å². The Hall–Kier alpha value is -2.52. The van der Waals surface area contributed by atoms with E-state index >= 15 is 0 Å². The second-order valence-electron chi connectivity index (χ2n) is 7.24. The fourth-order valence-corrected chi connectivity index (χ4v) is 4.00. The molecule has 2 aliphatic rings. The number of amides is 1. The molecule has 0 bridgehead atoms. The largest absolute Gasteiger partial charge is 0.492 e. The van der Waals surface area contributed by atoms with Crippen LogP contribution >= 0.6 is 11.6 Å². The average Bonchev–Trinajstić information content (AvgIpc) is 3.22. The number of anilines is 2. The fourth-order valence-electron chi connectivity index (χ4n) is 3.81. The van der Waals surface area contributed by atoms with Gasteiger partial charge in [0.2, 0.25) is 5.91 Å². The minimum Gasteiger partial charge on any atom is -0.492 e. The van der Waals surface area contributed by atoms with Gasteiger partial charge < -0.3 is 19.9 Å². The Morgan fingerprint density at radius 2 is 1.93 bits per heavy atom. The number of benzene rings is 2. The van der Waals surface area contributed by atoms with E-state index in [4.69, 9.17) is 16.3 Å². The zero-order valence-electron chi connectivity index (χ0n) is 16.9. The first-order chi connectivity index (χ1) is 14.7. The Kier molecular flexibility index (Phi) is 6.59. The first-order valence-corrected chi connectivity index (χ1v) is 10.6. The molecule has 2 aromatic rings. The molecule has 4 N–H and O–H groups in total.